The highest BCUT2D eigenvalue weighted by Gasteiger charge is 2.28. The second-order valence-electron chi connectivity index (χ2n) is 5.32. The highest BCUT2D eigenvalue weighted by atomic mass is 35.5. The first-order valence-electron chi connectivity index (χ1n) is 6.36. The Bertz CT molecular complexity index is 759. The van der Waals surface area contributed by atoms with Gasteiger partial charge < -0.3 is 9.72 Å². The Hall–Kier alpha value is -2.00. The fourth-order valence-corrected chi connectivity index (χ4v) is 2.57. The van der Waals surface area contributed by atoms with Crippen LogP contribution in [0.1, 0.15) is 25.0 Å². The molecule has 1 aliphatic heterocycles. The number of halogens is 1. The number of H-pyrrole nitrogens is 1. The van der Waals surface area contributed by atoms with E-state index in [1.165, 1.54) is 0 Å². The smallest absolute Gasteiger partial charge is 0.255 e. The number of ether oxygens (including phenoxy) is 1. The summed E-state index contributed by atoms with van der Waals surface area (Å²) >= 11 is 6.07. The fourth-order valence-electron chi connectivity index (χ4n) is 2.40. The van der Waals surface area contributed by atoms with Gasteiger partial charge in [-0.15, -0.1) is 0 Å². The molecule has 0 unspecified atom stereocenters. The molecular weight excluding hydrogens is 274 g/mol. The lowest BCUT2D eigenvalue weighted by Crippen LogP contribution is -2.30. The van der Waals surface area contributed by atoms with E-state index in [0.29, 0.717) is 10.6 Å². The monoisotopic (exact) mass is 287 g/mol. The standard InChI is InChI=1S/C16H14ClNO2/c1-16(2)9-13(11-4-3-7-18-15(11)19)12-8-10(17)5-6-14(12)20-16/h3-9H,1-2H3,(H,18,19). The Morgan fingerprint density at radius 1 is 1.20 bits per heavy atom. The van der Waals surface area contributed by atoms with E-state index in [9.17, 15) is 4.79 Å². The first kappa shape index (κ1) is 13.0. The Morgan fingerprint density at radius 2 is 2.00 bits per heavy atom. The number of hydrogen-bond acceptors (Lipinski definition) is 2. The highest BCUT2D eigenvalue weighted by Crippen LogP contribution is 2.39. The summed E-state index contributed by atoms with van der Waals surface area (Å²) in [5, 5.41) is 0.616. The zero-order valence-electron chi connectivity index (χ0n) is 11.2. The number of nitrogens with one attached hydrogen (secondary N) is 1. The molecule has 0 spiro atoms. The molecule has 0 saturated heterocycles. The van der Waals surface area contributed by atoms with Crippen LogP contribution >= 0.6 is 11.6 Å². The van der Waals surface area contributed by atoms with Crippen molar-refractivity contribution in [2.45, 2.75) is 19.4 Å². The maximum Gasteiger partial charge on any atom is 0.255 e. The van der Waals surface area contributed by atoms with Crippen molar-refractivity contribution in [2.24, 2.45) is 0 Å². The maximum atomic E-state index is 12.1. The molecule has 1 aliphatic rings. The minimum absolute atomic E-state index is 0.123. The largest absolute Gasteiger partial charge is 0.483 e. The summed E-state index contributed by atoms with van der Waals surface area (Å²) < 4.78 is 5.92. The third-order valence-electron chi connectivity index (χ3n) is 3.21. The highest BCUT2D eigenvalue weighted by molar-refractivity contribution is 6.30. The second kappa shape index (κ2) is 4.53. The molecule has 0 fully saturated rings. The minimum Gasteiger partial charge on any atom is -0.483 e. The van der Waals surface area contributed by atoms with Gasteiger partial charge in [-0.3, -0.25) is 4.79 Å². The predicted molar refractivity (Wildman–Crippen MR) is 80.3 cm³/mol. The molecule has 102 valence electrons. The third kappa shape index (κ3) is 2.25. The summed E-state index contributed by atoms with van der Waals surface area (Å²) in [7, 11) is 0. The van der Waals surface area contributed by atoms with E-state index < -0.39 is 5.60 Å². The molecule has 2 aromatic rings. The van der Waals surface area contributed by atoms with Crippen LogP contribution in [-0.4, -0.2) is 10.6 Å². The van der Waals surface area contributed by atoms with Crippen molar-refractivity contribution in [3.8, 4) is 5.75 Å². The maximum absolute atomic E-state index is 12.1. The average molecular weight is 288 g/mol. The summed E-state index contributed by atoms with van der Waals surface area (Å²) in [6.07, 6.45) is 3.58. The summed E-state index contributed by atoms with van der Waals surface area (Å²) in [5.74, 6) is 0.736. The molecule has 3 rings (SSSR count). The first-order valence-corrected chi connectivity index (χ1v) is 6.74. The van der Waals surface area contributed by atoms with Crippen LogP contribution in [0.4, 0.5) is 0 Å². The number of aromatic amines is 1. The molecule has 0 amide bonds. The average Bonchev–Trinajstić information content (AvgIpc) is 2.38. The lowest BCUT2D eigenvalue weighted by molar-refractivity contribution is 0.158. The molecule has 0 aliphatic carbocycles. The number of fused-ring (bicyclic) bond motifs is 1. The number of hydrogen-bond donors (Lipinski definition) is 1. The predicted octanol–water partition coefficient (Wildman–Crippen LogP) is 3.63. The van der Waals surface area contributed by atoms with Crippen LogP contribution in [0.15, 0.2) is 47.4 Å². The van der Waals surface area contributed by atoms with Gasteiger partial charge in [0.2, 0.25) is 0 Å². The van der Waals surface area contributed by atoms with E-state index >= 15 is 0 Å². The van der Waals surface area contributed by atoms with Gasteiger partial charge in [-0.05, 0) is 55.8 Å². The van der Waals surface area contributed by atoms with Crippen LogP contribution in [0.3, 0.4) is 0 Å². The van der Waals surface area contributed by atoms with Crippen LogP contribution in [0.5, 0.6) is 5.75 Å². The number of pyridine rings is 1. The van der Waals surface area contributed by atoms with E-state index in [1.54, 1.807) is 18.3 Å². The third-order valence-corrected chi connectivity index (χ3v) is 3.44. The van der Waals surface area contributed by atoms with Crippen molar-refractivity contribution in [1.82, 2.24) is 4.98 Å². The van der Waals surface area contributed by atoms with Crippen molar-refractivity contribution in [3.05, 3.63) is 69.1 Å². The molecule has 0 atom stereocenters. The molecule has 20 heavy (non-hydrogen) atoms. The lowest BCUT2D eigenvalue weighted by Gasteiger charge is -2.31. The zero-order valence-corrected chi connectivity index (χ0v) is 12.0. The molecule has 4 heteroatoms. The Kier molecular flexibility index (Phi) is 2.94. The molecule has 3 nitrogen and oxygen atoms in total. The second-order valence-corrected chi connectivity index (χ2v) is 5.75. The number of aromatic nitrogens is 1. The van der Waals surface area contributed by atoms with Crippen LogP contribution < -0.4 is 10.3 Å². The van der Waals surface area contributed by atoms with E-state index in [0.717, 1.165) is 16.9 Å². The van der Waals surface area contributed by atoms with E-state index in [2.05, 4.69) is 4.98 Å². The summed E-state index contributed by atoms with van der Waals surface area (Å²) in [4.78, 5) is 14.8. The van der Waals surface area contributed by atoms with Gasteiger partial charge in [-0.25, -0.2) is 0 Å². The van der Waals surface area contributed by atoms with Crippen LogP contribution in [0.2, 0.25) is 5.02 Å². The molecule has 1 aromatic heterocycles. The Morgan fingerprint density at radius 3 is 2.75 bits per heavy atom. The van der Waals surface area contributed by atoms with Crippen molar-refractivity contribution in [3.63, 3.8) is 0 Å². The number of rotatable bonds is 1. The minimum atomic E-state index is -0.474. The van der Waals surface area contributed by atoms with Crippen molar-refractivity contribution in [1.29, 1.82) is 0 Å². The normalized spacial score (nSPS) is 16.1. The van der Waals surface area contributed by atoms with Crippen LogP contribution in [0.25, 0.3) is 5.57 Å². The molecule has 0 saturated carbocycles. The SMILES string of the molecule is CC1(C)C=C(c2ccc[nH]c2=O)c2cc(Cl)ccc2O1. The van der Waals surface area contributed by atoms with Gasteiger partial charge in [0.25, 0.3) is 5.56 Å². The summed E-state index contributed by atoms with van der Waals surface area (Å²) in [6, 6.07) is 9.06. The van der Waals surface area contributed by atoms with Gasteiger partial charge in [0.15, 0.2) is 0 Å². The molecule has 0 radical (unpaired) electrons. The fraction of sp³-hybridized carbons (Fsp3) is 0.188. The molecule has 1 aromatic carbocycles. The van der Waals surface area contributed by atoms with Crippen molar-refractivity contribution >= 4 is 17.2 Å². The topological polar surface area (TPSA) is 42.1 Å². The quantitative estimate of drug-likeness (QED) is 0.870. The Labute approximate surface area is 121 Å². The van der Waals surface area contributed by atoms with Crippen molar-refractivity contribution in [2.75, 3.05) is 0 Å². The molecule has 1 N–H and O–H groups in total. The van der Waals surface area contributed by atoms with Gasteiger partial charge >= 0.3 is 0 Å². The van der Waals surface area contributed by atoms with E-state index in [1.807, 2.05) is 38.1 Å². The van der Waals surface area contributed by atoms with Gasteiger partial charge in [-0.1, -0.05) is 11.6 Å². The van der Waals surface area contributed by atoms with Crippen LogP contribution in [-0.2, 0) is 0 Å². The van der Waals surface area contributed by atoms with Gasteiger partial charge in [0.1, 0.15) is 11.4 Å². The molecular formula is C16H14ClNO2. The van der Waals surface area contributed by atoms with E-state index in [-0.39, 0.29) is 5.56 Å². The summed E-state index contributed by atoms with van der Waals surface area (Å²) in [5.41, 5.74) is 1.71. The lowest BCUT2D eigenvalue weighted by atomic mass is 9.90. The first-order chi connectivity index (χ1) is 9.46. The Balaban J connectivity index is 2.28. The summed E-state index contributed by atoms with van der Waals surface area (Å²) in [6.45, 7) is 3.92. The van der Waals surface area contributed by atoms with Gasteiger partial charge in [0, 0.05) is 22.3 Å². The van der Waals surface area contributed by atoms with Crippen molar-refractivity contribution < 1.29 is 4.74 Å². The van der Waals surface area contributed by atoms with E-state index in [4.69, 9.17) is 16.3 Å². The van der Waals surface area contributed by atoms with Crippen LogP contribution in [0, 0.1) is 0 Å². The number of benzene rings is 1. The molecule has 0 bridgehead atoms. The van der Waals surface area contributed by atoms with Gasteiger partial charge in [0.05, 0.1) is 0 Å². The molecule has 2 heterocycles. The van der Waals surface area contributed by atoms with Gasteiger partial charge in [-0.2, -0.15) is 0 Å². The zero-order chi connectivity index (χ0) is 14.3.